The number of thioether (sulfide) groups is 1. The molecule has 0 aliphatic carbocycles. The Morgan fingerprint density at radius 1 is 1.50 bits per heavy atom. The Kier molecular flexibility index (Phi) is 2.20. The molecule has 1 heterocycles. The van der Waals surface area contributed by atoms with E-state index in [1.807, 2.05) is 11.8 Å². The van der Waals surface area contributed by atoms with Gasteiger partial charge in [0.25, 0.3) is 0 Å². The van der Waals surface area contributed by atoms with Crippen LogP contribution in [0, 0.1) is 0 Å². The first-order valence-corrected chi connectivity index (χ1v) is 4.13. The quantitative estimate of drug-likeness (QED) is 0.535. The number of aliphatic hydroxyl groups is 1. The maximum absolute atomic E-state index is 9.01. The lowest BCUT2D eigenvalue weighted by Crippen LogP contribution is -2.19. The van der Waals surface area contributed by atoms with Crippen LogP contribution in [0.2, 0.25) is 0 Å². The van der Waals surface area contributed by atoms with Crippen molar-refractivity contribution in [1.29, 1.82) is 0 Å². The molecule has 1 saturated heterocycles. The Balaban J connectivity index is 2.19. The van der Waals surface area contributed by atoms with Gasteiger partial charge in [-0.15, -0.1) is 0 Å². The van der Waals surface area contributed by atoms with Gasteiger partial charge in [0.1, 0.15) is 0 Å². The van der Waals surface area contributed by atoms with Gasteiger partial charge >= 0.3 is 0 Å². The molecule has 0 aromatic rings. The smallest absolute Gasteiger partial charge is 0.0631 e. The fourth-order valence-corrected chi connectivity index (χ4v) is 1.89. The largest absolute Gasteiger partial charge is 0.392 e. The normalized spacial score (nSPS) is 39.8. The topological polar surface area (TPSA) is 20.2 Å². The molecule has 0 radical (unpaired) electrons. The van der Waals surface area contributed by atoms with E-state index in [1.54, 1.807) is 0 Å². The molecule has 0 amide bonds. The first-order chi connectivity index (χ1) is 3.79. The van der Waals surface area contributed by atoms with Crippen molar-refractivity contribution in [2.45, 2.75) is 31.1 Å². The minimum atomic E-state index is -0.0174. The maximum atomic E-state index is 9.01. The molecule has 1 fully saturated rings. The zero-order chi connectivity index (χ0) is 5.98. The molecule has 48 valence electrons. The molecule has 8 heavy (non-hydrogen) atoms. The summed E-state index contributed by atoms with van der Waals surface area (Å²) < 4.78 is 0. The predicted octanol–water partition coefficient (Wildman–Crippen LogP) is 1.26. The number of hydrogen-bond donors (Lipinski definition) is 1. The van der Waals surface area contributed by atoms with Gasteiger partial charge in [0.2, 0.25) is 0 Å². The van der Waals surface area contributed by atoms with Crippen LogP contribution in [0.4, 0.5) is 0 Å². The molecule has 1 nitrogen and oxygen atoms in total. The second-order valence-electron chi connectivity index (χ2n) is 2.38. The zero-order valence-electron chi connectivity index (χ0n) is 5.13. The van der Waals surface area contributed by atoms with Crippen LogP contribution in [0.1, 0.15) is 19.8 Å². The fraction of sp³-hybridized carbons (Fsp3) is 1.00. The van der Waals surface area contributed by atoms with E-state index in [2.05, 4.69) is 6.92 Å². The second kappa shape index (κ2) is 2.74. The molecule has 0 spiro atoms. The Morgan fingerprint density at radius 3 is 2.62 bits per heavy atom. The highest BCUT2D eigenvalue weighted by atomic mass is 32.2. The summed E-state index contributed by atoms with van der Waals surface area (Å²) in [7, 11) is 0. The van der Waals surface area contributed by atoms with Crippen molar-refractivity contribution >= 4 is 11.8 Å². The first kappa shape index (κ1) is 6.43. The van der Waals surface area contributed by atoms with Crippen LogP contribution < -0.4 is 0 Å². The van der Waals surface area contributed by atoms with Gasteiger partial charge in [-0.05, 0) is 12.8 Å². The first-order valence-electron chi connectivity index (χ1n) is 3.08. The molecule has 0 unspecified atom stereocenters. The molecular weight excluding hydrogens is 120 g/mol. The molecule has 0 aromatic heterocycles. The van der Waals surface area contributed by atoms with E-state index in [4.69, 9.17) is 5.11 Å². The van der Waals surface area contributed by atoms with E-state index in [9.17, 15) is 0 Å². The molecule has 0 bridgehead atoms. The van der Waals surface area contributed by atoms with Crippen molar-refractivity contribution in [3.63, 3.8) is 0 Å². The molecule has 1 rings (SSSR count). The molecular formula is C6H12OS. The Morgan fingerprint density at radius 2 is 2.25 bits per heavy atom. The Bertz CT molecular complexity index is 56.9. The standard InChI is InChI=1S/C6H12OS/c1-5-2-3-6(7)4-8-5/h5-7H,2-4H2,1H3/t5-,6+/m0/s1. The van der Waals surface area contributed by atoms with Crippen LogP contribution in [0.15, 0.2) is 0 Å². The minimum Gasteiger partial charge on any atom is -0.392 e. The van der Waals surface area contributed by atoms with Gasteiger partial charge in [0.05, 0.1) is 6.10 Å². The van der Waals surface area contributed by atoms with Crippen LogP contribution in [0.3, 0.4) is 0 Å². The molecule has 0 saturated carbocycles. The van der Waals surface area contributed by atoms with Gasteiger partial charge < -0.3 is 5.11 Å². The van der Waals surface area contributed by atoms with Crippen LogP contribution in [0.25, 0.3) is 0 Å². The Hall–Kier alpha value is 0.310. The highest BCUT2D eigenvalue weighted by molar-refractivity contribution is 7.99. The van der Waals surface area contributed by atoms with Crippen molar-refractivity contribution in [2.24, 2.45) is 0 Å². The SMILES string of the molecule is C[C@H]1CC[C@@H](O)CS1. The summed E-state index contributed by atoms with van der Waals surface area (Å²) in [6.07, 6.45) is 2.18. The van der Waals surface area contributed by atoms with Crippen molar-refractivity contribution < 1.29 is 5.11 Å². The van der Waals surface area contributed by atoms with Gasteiger partial charge in [-0.25, -0.2) is 0 Å². The minimum absolute atomic E-state index is 0.0174. The summed E-state index contributed by atoms with van der Waals surface area (Å²) in [5.41, 5.74) is 0. The average molecular weight is 132 g/mol. The lowest BCUT2D eigenvalue weighted by molar-refractivity contribution is 0.182. The number of hydrogen-bond acceptors (Lipinski definition) is 2. The van der Waals surface area contributed by atoms with Crippen molar-refractivity contribution in [1.82, 2.24) is 0 Å². The average Bonchev–Trinajstić information content (AvgIpc) is 1.77. The van der Waals surface area contributed by atoms with Crippen LogP contribution in [-0.4, -0.2) is 22.2 Å². The second-order valence-corrected chi connectivity index (χ2v) is 3.85. The van der Waals surface area contributed by atoms with E-state index in [0.717, 1.165) is 17.4 Å². The third kappa shape index (κ3) is 1.67. The maximum Gasteiger partial charge on any atom is 0.0631 e. The molecule has 0 aromatic carbocycles. The van der Waals surface area contributed by atoms with Gasteiger partial charge in [0.15, 0.2) is 0 Å². The van der Waals surface area contributed by atoms with Crippen LogP contribution in [-0.2, 0) is 0 Å². The fourth-order valence-electron chi connectivity index (χ4n) is 0.869. The van der Waals surface area contributed by atoms with E-state index < -0.39 is 0 Å². The van der Waals surface area contributed by atoms with Gasteiger partial charge in [-0.2, -0.15) is 11.8 Å². The summed E-state index contributed by atoms with van der Waals surface area (Å²) >= 11 is 1.88. The monoisotopic (exact) mass is 132 g/mol. The van der Waals surface area contributed by atoms with Crippen molar-refractivity contribution in [3.05, 3.63) is 0 Å². The number of aliphatic hydroxyl groups excluding tert-OH is 1. The lowest BCUT2D eigenvalue weighted by atomic mass is 10.2. The summed E-state index contributed by atoms with van der Waals surface area (Å²) in [4.78, 5) is 0. The molecule has 1 aliphatic rings. The van der Waals surface area contributed by atoms with Gasteiger partial charge in [0, 0.05) is 11.0 Å². The Labute approximate surface area is 54.5 Å². The zero-order valence-corrected chi connectivity index (χ0v) is 5.95. The van der Waals surface area contributed by atoms with Crippen LogP contribution >= 0.6 is 11.8 Å². The lowest BCUT2D eigenvalue weighted by Gasteiger charge is -2.21. The molecule has 1 N–H and O–H groups in total. The van der Waals surface area contributed by atoms with E-state index in [1.165, 1.54) is 6.42 Å². The summed E-state index contributed by atoms with van der Waals surface area (Å²) in [5, 5.41) is 9.78. The third-order valence-corrected chi connectivity index (χ3v) is 2.86. The van der Waals surface area contributed by atoms with Crippen molar-refractivity contribution in [2.75, 3.05) is 5.75 Å². The van der Waals surface area contributed by atoms with Crippen LogP contribution in [0.5, 0.6) is 0 Å². The summed E-state index contributed by atoms with van der Waals surface area (Å²) in [5.74, 6) is 0.946. The van der Waals surface area contributed by atoms with E-state index in [0.29, 0.717) is 0 Å². The summed E-state index contributed by atoms with van der Waals surface area (Å²) in [6.45, 7) is 2.22. The highest BCUT2D eigenvalue weighted by Gasteiger charge is 2.14. The highest BCUT2D eigenvalue weighted by Crippen LogP contribution is 2.24. The van der Waals surface area contributed by atoms with E-state index in [-0.39, 0.29) is 6.10 Å². The van der Waals surface area contributed by atoms with Gasteiger partial charge in [-0.1, -0.05) is 6.92 Å². The van der Waals surface area contributed by atoms with Crippen molar-refractivity contribution in [3.8, 4) is 0 Å². The molecule has 2 heteroatoms. The van der Waals surface area contributed by atoms with Gasteiger partial charge in [-0.3, -0.25) is 0 Å². The molecule has 1 aliphatic heterocycles. The predicted molar refractivity (Wildman–Crippen MR) is 37.2 cm³/mol. The molecule has 2 atom stereocenters. The summed E-state index contributed by atoms with van der Waals surface area (Å²) in [6, 6.07) is 0. The third-order valence-electron chi connectivity index (χ3n) is 1.48. The van der Waals surface area contributed by atoms with E-state index >= 15 is 0 Å². The number of rotatable bonds is 0.